The molecule has 0 aromatic rings. The molecule has 4 fully saturated rings. The molecule has 7 nitrogen and oxygen atoms in total. The van der Waals surface area contributed by atoms with E-state index in [1.807, 2.05) is 7.11 Å². The van der Waals surface area contributed by atoms with Gasteiger partial charge in [0.25, 0.3) is 0 Å². The molecular formula is C20H38N4O3. The number of methoxy groups -OCH3 is 1. The van der Waals surface area contributed by atoms with Crippen LogP contribution in [0.2, 0.25) is 0 Å². The lowest BCUT2D eigenvalue weighted by Gasteiger charge is -2.55. The first-order valence-electron chi connectivity index (χ1n) is 11.0. The molecular weight excluding hydrogens is 344 g/mol. The van der Waals surface area contributed by atoms with Crippen LogP contribution in [0.3, 0.4) is 0 Å². The molecule has 4 saturated heterocycles. The van der Waals surface area contributed by atoms with Crippen LogP contribution >= 0.6 is 0 Å². The maximum absolute atomic E-state index is 6.72. The average Bonchev–Trinajstić information content (AvgIpc) is 3.48. The standard InChI is InChI=1S/C20H38N4O3/c1-4-27-20(23-13-5-6-14-23)19(25-2,18-10-8-12-22-18)16(15-24(20)26-3)17-9-7-11-21-17/h16-18,21-22H,4-15H2,1-3H3. The summed E-state index contributed by atoms with van der Waals surface area (Å²) in [5.41, 5.74) is -0.470. The Morgan fingerprint density at radius 1 is 1.00 bits per heavy atom. The minimum Gasteiger partial charge on any atom is -0.370 e. The number of nitrogens with one attached hydrogen (secondary N) is 2. The Morgan fingerprint density at radius 2 is 1.74 bits per heavy atom. The van der Waals surface area contributed by atoms with Crippen molar-refractivity contribution in [2.45, 2.75) is 69.0 Å². The highest BCUT2D eigenvalue weighted by molar-refractivity contribution is 5.19. The Kier molecular flexibility index (Phi) is 6.09. The molecule has 4 aliphatic rings. The number of nitrogens with zero attached hydrogens (tertiary/aromatic N) is 2. The molecule has 2 N–H and O–H groups in total. The van der Waals surface area contributed by atoms with Crippen molar-refractivity contribution in [3.05, 3.63) is 0 Å². The molecule has 7 heteroatoms. The molecule has 4 rings (SSSR count). The normalized spacial score (nSPS) is 43.9. The summed E-state index contributed by atoms with van der Waals surface area (Å²) in [5.74, 6) is -0.369. The van der Waals surface area contributed by atoms with Crippen molar-refractivity contribution in [2.24, 2.45) is 5.92 Å². The van der Waals surface area contributed by atoms with E-state index in [1.165, 1.54) is 32.1 Å². The predicted molar refractivity (Wildman–Crippen MR) is 104 cm³/mol. The van der Waals surface area contributed by atoms with Gasteiger partial charge in [0.05, 0.1) is 7.11 Å². The number of hydroxylamine groups is 2. The monoisotopic (exact) mass is 382 g/mol. The van der Waals surface area contributed by atoms with Crippen molar-refractivity contribution in [1.82, 2.24) is 20.6 Å². The second kappa shape index (κ2) is 8.22. The van der Waals surface area contributed by atoms with Gasteiger partial charge in [-0.25, -0.2) is 0 Å². The first-order chi connectivity index (χ1) is 13.2. The van der Waals surface area contributed by atoms with Gasteiger partial charge in [-0.15, -0.1) is 5.06 Å². The van der Waals surface area contributed by atoms with Crippen LogP contribution in [0, 0.1) is 5.92 Å². The van der Waals surface area contributed by atoms with Crippen molar-refractivity contribution < 1.29 is 14.3 Å². The van der Waals surface area contributed by atoms with E-state index in [9.17, 15) is 0 Å². The molecule has 0 aliphatic carbocycles. The molecule has 0 aromatic carbocycles. The Morgan fingerprint density at radius 3 is 2.30 bits per heavy atom. The fourth-order valence-corrected chi connectivity index (χ4v) is 6.42. The molecule has 0 spiro atoms. The van der Waals surface area contributed by atoms with E-state index in [0.29, 0.717) is 18.6 Å². The number of hydrogen-bond donors (Lipinski definition) is 2. The van der Waals surface area contributed by atoms with Crippen LogP contribution in [0.15, 0.2) is 0 Å². The highest BCUT2D eigenvalue weighted by Gasteiger charge is 2.74. The smallest absolute Gasteiger partial charge is 0.233 e. The summed E-state index contributed by atoms with van der Waals surface area (Å²) in [7, 11) is 3.68. The van der Waals surface area contributed by atoms with E-state index in [1.54, 1.807) is 7.11 Å². The van der Waals surface area contributed by atoms with E-state index in [2.05, 4.69) is 27.5 Å². The van der Waals surface area contributed by atoms with Gasteiger partial charge in [0.2, 0.25) is 5.85 Å². The lowest BCUT2D eigenvalue weighted by Crippen LogP contribution is -2.76. The van der Waals surface area contributed by atoms with E-state index < -0.39 is 11.4 Å². The Balaban J connectivity index is 1.84. The molecule has 0 radical (unpaired) electrons. The average molecular weight is 383 g/mol. The zero-order chi connectivity index (χ0) is 18.9. The number of likely N-dealkylation sites (tertiary alicyclic amines) is 1. The molecule has 0 amide bonds. The van der Waals surface area contributed by atoms with E-state index in [4.69, 9.17) is 14.3 Å². The lowest BCUT2D eigenvalue weighted by atomic mass is 9.74. The zero-order valence-corrected chi connectivity index (χ0v) is 17.3. The third kappa shape index (κ3) is 2.89. The van der Waals surface area contributed by atoms with Crippen LogP contribution in [0.1, 0.15) is 45.4 Å². The summed E-state index contributed by atoms with van der Waals surface area (Å²) < 4.78 is 13.4. The van der Waals surface area contributed by atoms with Gasteiger partial charge in [0.15, 0.2) is 0 Å². The van der Waals surface area contributed by atoms with Gasteiger partial charge in [0, 0.05) is 51.4 Å². The molecule has 0 saturated carbocycles. The number of hydrogen-bond acceptors (Lipinski definition) is 7. The fourth-order valence-electron chi connectivity index (χ4n) is 6.42. The van der Waals surface area contributed by atoms with Gasteiger partial charge < -0.3 is 20.1 Å². The second-order valence-electron chi connectivity index (χ2n) is 8.43. The summed E-state index contributed by atoms with van der Waals surface area (Å²) in [4.78, 5) is 8.53. The van der Waals surface area contributed by atoms with Crippen LogP contribution < -0.4 is 10.6 Å². The molecule has 0 bridgehead atoms. The van der Waals surface area contributed by atoms with E-state index in [0.717, 1.165) is 39.1 Å². The first-order valence-corrected chi connectivity index (χ1v) is 11.0. The lowest BCUT2D eigenvalue weighted by molar-refractivity contribution is -0.383. The maximum atomic E-state index is 6.72. The van der Waals surface area contributed by atoms with Crippen molar-refractivity contribution >= 4 is 0 Å². The van der Waals surface area contributed by atoms with Gasteiger partial charge in [0.1, 0.15) is 5.60 Å². The fraction of sp³-hybridized carbons (Fsp3) is 1.00. The van der Waals surface area contributed by atoms with Gasteiger partial charge in [-0.05, 0) is 58.5 Å². The predicted octanol–water partition coefficient (Wildman–Crippen LogP) is 1.15. The number of ether oxygens (including phenoxy) is 2. The van der Waals surface area contributed by atoms with Gasteiger partial charge in [-0.1, -0.05) is 0 Å². The Hall–Kier alpha value is -0.280. The van der Waals surface area contributed by atoms with Crippen molar-refractivity contribution in [1.29, 1.82) is 0 Å². The molecule has 156 valence electrons. The first kappa shape index (κ1) is 20.0. The number of rotatable bonds is 7. The Labute approximate surface area is 164 Å². The highest BCUT2D eigenvalue weighted by atomic mass is 16.7. The van der Waals surface area contributed by atoms with Crippen LogP contribution in [-0.2, 0) is 14.3 Å². The third-order valence-corrected chi connectivity index (χ3v) is 7.36. The summed E-state index contributed by atoms with van der Waals surface area (Å²) in [6.45, 7) is 7.77. The molecule has 4 aliphatic heterocycles. The quantitative estimate of drug-likeness (QED) is 0.685. The van der Waals surface area contributed by atoms with Crippen LogP contribution in [-0.4, -0.2) is 87.0 Å². The van der Waals surface area contributed by atoms with E-state index >= 15 is 0 Å². The summed E-state index contributed by atoms with van der Waals surface area (Å²) in [6.07, 6.45) is 7.15. The van der Waals surface area contributed by atoms with Crippen molar-refractivity contribution in [2.75, 3.05) is 53.6 Å². The van der Waals surface area contributed by atoms with Gasteiger partial charge in [-0.3, -0.25) is 9.74 Å². The topological polar surface area (TPSA) is 58.2 Å². The van der Waals surface area contributed by atoms with Crippen LogP contribution in [0.5, 0.6) is 0 Å². The van der Waals surface area contributed by atoms with Crippen molar-refractivity contribution in [3.63, 3.8) is 0 Å². The molecule has 5 atom stereocenters. The van der Waals surface area contributed by atoms with Crippen LogP contribution in [0.25, 0.3) is 0 Å². The molecule has 0 aromatic heterocycles. The summed E-state index contributed by atoms with van der Waals surface area (Å²) in [6, 6.07) is 0.706. The van der Waals surface area contributed by atoms with Crippen LogP contribution in [0.4, 0.5) is 0 Å². The van der Waals surface area contributed by atoms with Gasteiger partial charge >= 0.3 is 0 Å². The highest BCUT2D eigenvalue weighted by Crippen LogP contribution is 2.53. The SMILES string of the molecule is CCOC1(N2CCCC2)N(OC)CC(C2CCCN2)C1(OC)C1CCCN1. The molecule has 5 unspecified atom stereocenters. The molecule has 27 heavy (non-hydrogen) atoms. The molecule has 4 heterocycles. The zero-order valence-electron chi connectivity index (χ0n) is 17.3. The largest absolute Gasteiger partial charge is 0.370 e. The van der Waals surface area contributed by atoms with Gasteiger partial charge in [-0.2, -0.15) is 0 Å². The van der Waals surface area contributed by atoms with Crippen molar-refractivity contribution in [3.8, 4) is 0 Å². The van der Waals surface area contributed by atoms with E-state index in [-0.39, 0.29) is 6.04 Å². The summed E-state index contributed by atoms with van der Waals surface area (Å²) >= 11 is 0. The maximum Gasteiger partial charge on any atom is 0.233 e. The second-order valence-corrected chi connectivity index (χ2v) is 8.43. The minimum atomic E-state index is -0.682. The Bertz CT molecular complexity index is 492. The third-order valence-electron chi connectivity index (χ3n) is 7.36. The summed E-state index contributed by atoms with van der Waals surface area (Å²) in [5, 5.41) is 9.65. The minimum absolute atomic E-state index is 0.266.